The third-order valence-corrected chi connectivity index (χ3v) is 7.72. The molecule has 2 heterocycles. The second kappa shape index (κ2) is 13.5. The van der Waals surface area contributed by atoms with E-state index in [0.717, 1.165) is 24.0 Å². The molecule has 4 rings (SSSR count). The van der Waals surface area contributed by atoms with Gasteiger partial charge in [0.2, 0.25) is 11.8 Å². The minimum Gasteiger partial charge on any atom is -0.493 e. The van der Waals surface area contributed by atoms with Crippen LogP contribution < -0.4 is 25.0 Å². The van der Waals surface area contributed by atoms with Crippen LogP contribution in [0, 0.1) is 13.8 Å². The molecule has 0 saturated carbocycles. The summed E-state index contributed by atoms with van der Waals surface area (Å²) in [5, 5.41) is 7.52. The van der Waals surface area contributed by atoms with E-state index in [1.165, 1.54) is 30.5 Å². The number of carbonyl (C=O) groups is 3. The third kappa shape index (κ3) is 6.63. The summed E-state index contributed by atoms with van der Waals surface area (Å²) in [6, 6.07) is 13.2. The van der Waals surface area contributed by atoms with Gasteiger partial charge in [0, 0.05) is 13.2 Å². The highest BCUT2D eigenvalue weighted by molar-refractivity contribution is 7.12. The molecule has 2 aromatic carbocycles. The van der Waals surface area contributed by atoms with Crippen molar-refractivity contribution in [1.82, 2.24) is 10.6 Å². The highest BCUT2D eigenvalue weighted by Gasteiger charge is 2.35. The molecule has 10 heteroatoms. The van der Waals surface area contributed by atoms with E-state index in [4.69, 9.17) is 14.2 Å². The van der Waals surface area contributed by atoms with Gasteiger partial charge in [-0.3, -0.25) is 19.3 Å². The highest BCUT2D eigenvalue weighted by atomic mass is 32.1. The number of carbonyl (C=O) groups excluding carboxylic acids is 3. The zero-order chi connectivity index (χ0) is 28.6. The van der Waals surface area contributed by atoms with E-state index in [2.05, 4.69) is 10.6 Å². The topological polar surface area (TPSA) is 106 Å². The van der Waals surface area contributed by atoms with Crippen LogP contribution in [-0.4, -0.2) is 57.7 Å². The van der Waals surface area contributed by atoms with E-state index in [1.807, 2.05) is 32.0 Å². The van der Waals surface area contributed by atoms with E-state index in [-0.39, 0.29) is 24.5 Å². The van der Waals surface area contributed by atoms with Gasteiger partial charge in [-0.05, 0) is 67.0 Å². The van der Waals surface area contributed by atoms with Crippen molar-refractivity contribution in [2.45, 2.75) is 38.8 Å². The van der Waals surface area contributed by atoms with E-state index in [9.17, 15) is 14.4 Å². The fourth-order valence-corrected chi connectivity index (χ4v) is 5.52. The Hall–Kier alpha value is -3.89. The monoisotopic (exact) mass is 565 g/mol. The van der Waals surface area contributed by atoms with E-state index >= 15 is 0 Å². The molecule has 0 bridgehead atoms. The molecule has 0 unspecified atom stereocenters. The molecule has 1 saturated heterocycles. The van der Waals surface area contributed by atoms with Gasteiger partial charge in [0.15, 0.2) is 11.5 Å². The largest absolute Gasteiger partial charge is 0.493 e. The van der Waals surface area contributed by atoms with Gasteiger partial charge >= 0.3 is 0 Å². The van der Waals surface area contributed by atoms with Crippen molar-refractivity contribution in [1.29, 1.82) is 0 Å². The van der Waals surface area contributed by atoms with Crippen molar-refractivity contribution in [2.24, 2.45) is 0 Å². The van der Waals surface area contributed by atoms with E-state index < -0.39 is 11.9 Å². The summed E-state index contributed by atoms with van der Waals surface area (Å²) in [4.78, 5) is 42.7. The number of anilines is 1. The number of thiophene rings is 1. The summed E-state index contributed by atoms with van der Waals surface area (Å²) in [5.41, 5.74) is 2.76. The molecular formula is C30H35N3O6S. The number of nitrogens with one attached hydrogen (secondary N) is 2. The lowest BCUT2D eigenvalue weighted by molar-refractivity contribution is -0.126. The number of aryl methyl sites for hydroxylation is 2. The van der Waals surface area contributed by atoms with Crippen LogP contribution in [0.2, 0.25) is 0 Å². The van der Waals surface area contributed by atoms with Crippen LogP contribution in [0.1, 0.15) is 45.2 Å². The summed E-state index contributed by atoms with van der Waals surface area (Å²) >= 11 is 1.29. The number of amides is 3. The quantitative estimate of drug-likeness (QED) is 0.361. The maximum absolute atomic E-state index is 14.0. The Morgan fingerprint density at radius 2 is 1.77 bits per heavy atom. The van der Waals surface area contributed by atoms with Crippen molar-refractivity contribution in [3.63, 3.8) is 0 Å². The van der Waals surface area contributed by atoms with Crippen LogP contribution >= 0.6 is 11.3 Å². The van der Waals surface area contributed by atoms with Gasteiger partial charge in [-0.2, -0.15) is 0 Å². The summed E-state index contributed by atoms with van der Waals surface area (Å²) in [5.74, 6) is -0.234. The molecule has 0 radical (unpaired) electrons. The first-order valence-corrected chi connectivity index (χ1v) is 14.0. The molecule has 1 aliphatic rings. The predicted octanol–water partition coefficient (Wildman–Crippen LogP) is 4.18. The second-order valence-electron chi connectivity index (χ2n) is 9.56. The summed E-state index contributed by atoms with van der Waals surface area (Å²) in [6.45, 7) is 4.47. The fraction of sp³-hybridized carbons (Fsp3) is 0.367. The molecule has 0 spiro atoms. The van der Waals surface area contributed by atoms with Crippen LogP contribution in [-0.2, 0) is 14.3 Å². The number of hydrogen-bond acceptors (Lipinski definition) is 7. The Morgan fingerprint density at radius 1 is 1.02 bits per heavy atom. The number of para-hydroxylation sites is 1. The third-order valence-electron chi connectivity index (χ3n) is 6.85. The van der Waals surface area contributed by atoms with Crippen LogP contribution in [0.15, 0.2) is 53.9 Å². The van der Waals surface area contributed by atoms with E-state index in [0.29, 0.717) is 40.8 Å². The number of rotatable bonds is 11. The first kappa shape index (κ1) is 29.1. The number of ether oxygens (including phenoxy) is 3. The minimum atomic E-state index is -1.06. The molecule has 0 aliphatic carbocycles. The lowest BCUT2D eigenvalue weighted by Gasteiger charge is -2.34. The Kier molecular flexibility index (Phi) is 9.79. The smallest absolute Gasteiger partial charge is 0.261 e. The SMILES string of the molecule is COc1ccc([C@H](C(=O)NC[C@@H]2CCCO2)N(C(=O)CNC(=O)c2cccs2)c2c(C)cccc2C)cc1OC. The molecular weight excluding hydrogens is 530 g/mol. The van der Waals surface area contributed by atoms with Crippen LogP contribution in [0.5, 0.6) is 11.5 Å². The standard InChI is InChI=1S/C30H35N3O6S/c1-19-8-5-9-20(2)27(19)33(26(34)18-32-29(35)25-11-7-15-40-25)28(30(36)31-17-22-10-6-14-39-22)21-12-13-23(37-3)24(16-21)38-4/h5,7-9,11-13,15-16,22,28H,6,10,14,17-18H2,1-4H3,(H,31,36)(H,32,35)/t22-,28+/m0/s1. The maximum atomic E-state index is 14.0. The minimum absolute atomic E-state index is 0.0792. The highest BCUT2D eigenvalue weighted by Crippen LogP contribution is 2.37. The van der Waals surface area contributed by atoms with Crippen LogP contribution in [0.4, 0.5) is 5.69 Å². The maximum Gasteiger partial charge on any atom is 0.261 e. The molecule has 212 valence electrons. The molecule has 1 fully saturated rings. The molecule has 2 N–H and O–H groups in total. The number of methoxy groups -OCH3 is 2. The average molecular weight is 566 g/mol. The van der Waals surface area contributed by atoms with Crippen molar-refractivity contribution in [3.05, 3.63) is 75.5 Å². The molecule has 1 aromatic heterocycles. The predicted molar refractivity (Wildman–Crippen MR) is 154 cm³/mol. The molecule has 1 aliphatic heterocycles. The summed E-state index contributed by atoms with van der Waals surface area (Å²) < 4.78 is 16.6. The number of hydrogen-bond donors (Lipinski definition) is 2. The van der Waals surface area contributed by atoms with Gasteiger partial charge in [0.05, 0.1) is 37.4 Å². The lowest BCUT2D eigenvalue weighted by atomic mass is 9.99. The van der Waals surface area contributed by atoms with Crippen molar-refractivity contribution in [2.75, 3.05) is 38.8 Å². The Bertz CT molecular complexity index is 1320. The first-order chi connectivity index (χ1) is 19.3. The normalized spacial score (nSPS) is 15.2. The lowest BCUT2D eigenvalue weighted by Crippen LogP contribution is -2.49. The molecule has 2 atom stereocenters. The first-order valence-electron chi connectivity index (χ1n) is 13.1. The summed E-state index contributed by atoms with van der Waals surface area (Å²) in [6.07, 6.45) is 1.72. The van der Waals surface area contributed by atoms with Crippen LogP contribution in [0.25, 0.3) is 0 Å². The molecule has 3 amide bonds. The van der Waals surface area contributed by atoms with E-state index in [1.54, 1.807) is 35.7 Å². The zero-order valence-electron chi connectivity index (χ0n) is 23.2. The molecule has 40 heavy (non-hydrogen) atoms. The zero-order valence-corrected chi connectivity index (χ0v) is 24.0. The van der Waals surface area contributed by atoms with Gasteiger partial charge in [-0.1, -0.05) is 30.3 Å². The van der Waals surface area contributed by atoms with Gasteiger partial charge in [-0.25, -0.2) is 0 Å². The Balaban J connectivity index is 1.76. The van der Waals surface area contributed by atoms with Gasteiger partial charge in [0.1, 0.15) is 6.04 Å². The van der Waals surface area contributed by atoms with Crippen molar-refractivity contribution in [3.8, 4) is 11.5 Å². The van der Waals surface area contributed by atoms with Crippen molar-refractivity contribution >= 4 is 34.7 Å². The van der Waals surface area contributed by atoms with Crippen LogP contribution in [0.3, 0.4) is 0 Å². The molecule has 9 nitrogen and oxygen atoms in total. The molecule has 3 aromatic rings. The Labute approximate surface area is 238 Å². The van der Waals surface area contributed by atoms with Crippen molar-refractivity contribution < 1.29 is 28.6 Å². The van der Waals surface area contributed by atoms with Gasteiger partial charge < -0.3 is 24.8 Å². The van der Waals surface area contributed by atoms with Gasteiger partial charge in [-0.15, -0.1) is 11.3 Å². The second-order valence-corrected chi connectivity index (χ2v) is 10.5. The summed E-state index contributed by atoms with van der Waals surface area (Å²) in [7, 11) is 3.05. The Morgan fingerprint density at radius 3 is 2.40 bits per heavy atom. The number of benzene rings is 2. The average Bonchev–Trinajstić information content (AvgIpc) is 3.69. The fourth-order valence-electron chi connectivity index (χ4n) is 4.88. The number of nitrogens with zero attached hydrogens (tertiary/aromatic N) is 1. The van der Waals surface area contributed by atoms with Gasteiger partial charge in [0.25, 0.3) is 5.91 Å².